The quantitative estimate of drug-likeness (QED) is 0.156. The van der Waals surface area contributed by atoms with E-state index in [2.05, 4.69) is 157 Å². The smallest absolute Gasteiger partial charge is 0.0485 e. The zero-order valence-corrected chi connectivity index (χ0v) is 26.7. The second-order valence-corrected chi connectivity index (χ2v) is 13.2. The Morgan fingerprint density at radius 1 is 0.610 bits per heavy atom. The van der Waals surface area contributed by atoms with Gasteiger partial charge in [0.2, 0.25) is 0 Å². The Morgan fingerprint density at radius 3 is 1.61 bits per heavy atom. The highest BCUT2D eigenvalue weighted by Crippen LogP contribution is 2.40. The second kappa shape index (κ2) is 13.3. The number of fused-ring (bicyclic) bond motifs is 2. The first-order chi connectivity index (χ1) is 19.6. The number of aliphatic imine (C=N–C) groups is 1. The molecule has 0 saturated carbocycles. The summed E-state index contributed by atoms with van der Waals surface area (Å²) in [6, 6.07) is 31.5. The van der Waals surface area contributed by atoms with Crippen LogP contribution in [-0.2, 0) is 10.8 Å². The predicted molar refractivity (Wildman–Crippen MR) is 181 cm³/mol. The van der Waals surface area contributed by atoms with E-state index in [1.165, 1.54) is 32.7 Å². The highest BCUT2D eigenvalue weighted by Gasteiger charge is 2.38. The van der Waals surface area contributed by atoms with Gasteiger partial charge in [-0.3, -0.25) is 4.99 Å². The Balaban J connectivity index is 1.80. The van der Waals surface area contributed by atoms with Crippen LogP contribution >= 0.6 is 0 Å². The molecule has 4 rings (SSSR count). The highest BCUT2D eigenvalue weighted by molar-refractivity contribution is 5.86. The van der Waals surface area contributed by atoms with Crippen molar-refractivity contribution in [1.82, 2.24) is 9.80 Å². The van der Waals surface area contributed by atoms with Crippen LogP contribution in [0, 0.1) is 11.8 Å². The van der Waals surface area contributed by atoms with E-state index in [0.717, 1.165) is 32.5 Å². The van der Waals surface area contributed by atoms with Gasteiger partial charge in [-0.15, -0.1) is 0 Å². The summed E-state index contributed by atoms with van der Waals surface area (Å²) in [4.78, 5) is 10.1. The van der Waals surface area contributed by atoms with Crippen molar-refractivity contribution in [1.29, 1.82) is 0 Å². The average molecular weight is 550 g/mol. The SMILES string of the molecule is CC(C)C(C=NCC(CCN(C)C)(c1ccc2ccccc2c1)C(C)C)(CCN(C)C)c1ccc2ccccc2c1. The summed E-state index contributed by atoms with van der Waals surface area (Å²) in [5.74, 6) is 0.847. The molecule has 0 aromatic heterocycles. The summed E-state index contributed by atoms with van der Waals surface area (Å²) >= 11 is 0. The molecule has 0 spiro atoms. The zero-order chi connectivity index (χ0) is 29.6. The Kier molecular flexibility index (Phi) is 10.0. The van der Waals surface area contributed by atoms with Gasteiger partial charge in [-0.2, -0.15) is 0 Å². The van der Waals surface area contributed by atoms with Crippen LogP contribution in [0.4, 0.5) is 0 Å². The van der Waals surface area contributed by atoms with Crippen molar-refractivity contribution in [3.63, 3.8) is 0 Å². The van der Waals surface area contributed by atoms with Crippen molar-refractivity contribution in [2.24, 2.45) is 16.8 Å². The molecule has 0 aliphatic rings. The number of hydrogen-bond donors (Lipinski definition) is 0. The molecule has 0 fully saturated rings. The first-order valence-electron chi connectivity index (χ1n) is 15.4. The predicted octanol–water partition coefficient (Wildman–Crippen LogP) is 8.46. The van der Waals surface area contributed by atoms with Crippen LogP contribution in [0.2, 0.25) is 0 Å². The molecule has 2 unspecified atom stereocenters. The normalized spacial score (nSPS) is 15.5. The molecule has 0 radical (unpaired) electrons. The summed E-state index contributed by atoms with van der Waals surface area (Å²) in [6.45, 7) is 12.3. The van der Waals surface area contributed by atoms with Crippen molar-refractivity contribution >= 4 is 27.8 Å². The van der Waals surface area contributed by atoms with Crippen molar-refractivity contribution in [2.75, 3.05) is 47.8 Å². The highest BCUT2D eigenvalue weighted by atomic mass is 15.1. The summed E-state index contributed by atoms with van der Waals surface area (Å²) in [7, 11) is 8.71. The third-order valence-electron chi connectivity index (χ3n) is 9.42. The van der Waals surface area contributed by atoms with Gasteiger partial charge in [0, 0.05) is 23.6 Å². The number of hydrogen-bond acceptors (Lipinski definition) is 3. The lowest BCUT2D eigenvalue weighted by molar-refractivity contribution is 0.253. The lowest BCUT2D eigenvalue weighted by Gasteiger charge is -2.40. The Hall–Kier alpha value is -3.01. The van der Waals surface area contributed by atoms with E-state index >= 15 is 0 Å². The maximum Gasteiger partial charge on any atom is 0.0485 e. The topological polar surface area (TPSA) is 18.8 Å². The molecule has 3 nitrogen and oxygen atoms in total. The molecule has 0 bridgehead atoms. The van der Waals surface area contributed by atoms with Crippen LogP contribution in [0.15, 0.2) is 89.9 Å². The van der Waals surface area contributed by atoms with E-state index in [1.807, 2.05) is 0 Å². The minimum atomic E-state index is -0.151. The molecule has 3 heteroatoms. The molecule has 4 aromatic rings. The van der Waals surface area contributed by atoms with Gasteiger partial charge in [0.25, 0.3) is 0 Å². The minimum absolute atomic E-state index is 0.0571. The zero-order valence-electron chi connectivity index (χ0n) is 26.7. The van der Waals surface area contributed by atoms with E-state index in [-0.39, 0.29) is 10.8 Å². The van der Waals surface area contributed by atoms with Crippen LogP contribution in [0.3, 0.4) is 0 Å². The van der Waals surface area contributed by atoms with Crippen molar-refractivity contribution in [3.8, 4) is 0 Å². The molecular weight excluding hydrogens is 498 g/mol. The molecule has 0 saturated heterocycles. The van der Waals surface area contributed by atoms with Gasteiger partial charge in [0.1, 0.15) is 0 Å². The van der Waals surface area contributed by atoms with Gasteiger partial charge >= 0.3 is 0 Å². The molecule has 41 heavy (non-hydrogen) atoms. The summed E-state index contributed by atoms with van der Waals surface area (Å²) < 4.78 is 0. The summed E-state index contributed by atoms with van der Waals surface area (Å²) in [5.41, 5.74) is 2.56. The van der Waals surface area contributed by atoms with Gasteiger partial charge in [0.15, 0.2) is 0 Å². The van der Waals surface area contributed by atoms with Crippen molar-refractivity contribution in [3.05, 3.63) is 96.1 Å². The van der Waals surface area contributed by atoms with Crippen LogP contribution in [0.25, 0.3) is 21.5 Å². The van der Waals surface area contributed by atoms with E-state index in [1.54, 1.807) is 0 Å². The monoisotopic (exact) mass is 549 g/mol. The molecule has 218 valence electrons. The Morgan fingerprint density at radius 2 is 1.10 bits per heavy atom. The first kappa shape index (κ1) is 30.9. The Labute approximate surface area is 249 Å². The van der Waals surface area contributed by atoms with Gasteiger partial charge in [-0.1, -0.05) is 113 Å². The fourth-order valence-corrected chi connectivity index (χ4v) is 6.35. The first-order valence-corrected chi connectivity index (χ1v) is 15.4. The van der Waals surface area contributed by atoms with Crippen LogP contribution in [0.5, 0.6) is 0 Å². The van der Waals surface area contributed by atoms with Gasteiger partial charge < -0.3 is 9.80 Å². The molecule has 0 amide bonds. The molecule has 0 N–H and O–H groups in total. The van der Waals surface area contributed by atoms with E-state index in [0.29, 0.717) is 11.8 Å². The summed E-state index contributed by atoms with van der Waals surface area (Å²) in [6.07, 6.45) is 4.44. The van der Waals surface area contributed by atoms with E-state index < -0.39 is 0 Å². The van der Waals surface area contributed by atoms with Gasteiger partial charge in [-0.25, -0.2) is 0 Å². The minimum Gasteiger partial charge on any atom is -0.309 e. The number of nitrogens with zero attached hydrogens (tertiary/aromatic N) is 3. The Bertz CT molecular complexity index is 1450. The van der Waals surface area contributed by atoms with Crippen molar-refractivity contribution in [2.45, 2.75) is 51.4 Å². The molecule has 0 aliphatic carbocycles. The van der Waals surface area contributed by atoms with Gasteiger partial charge in [-0.05, 0) is 98.6 Å². The van der Waals surface area contributed by atoms with Crippen LogP contribution in [0.1, 0.15) is 51.7 Å². The maximum absolute atomic E-state index is 5.47. The lowest BCUT2D eigenvalue weighted by Crippen LogP contribution is -2.40. The van der Waals surface area contributed by atoms with Crippen LogP contribution < -0.4 is 0 Å². The van der Waals surface area contributed by atoms with Gasteiger partial charge in [0.05, 0.1) is 0 Å². The standard InChI is InChI=1S/C38H51N3/c1-29(2)37(21-23-40(5)6,35-19-17-31-13-9-11-15-33(31)25-35)27-39-28-38(30(3)4,22-24-41(7)8)36-20-18-32-14-10-12-16-34(32)26-36/h9-20,25-27,29-30H,21-24,28H2,1-8H3. The van der Waals surface area contributed by atoms with Crippen LogP contribution in [-0.4, -0.2) is 63.8 Å². The maximum atomic E-state index is 5.47. The summed E-state index contributed by atoms with van der Waals surface area (Å²) in [5, 5.41) is 5.19. The fraction of sp³-hybridized carbons (Fsp3) is 0.447. The molecule has 4 aromatic carbocycles. The number of rotatable bonds is 13. The fourth-order valence-electron chi connectivity index (χ4n) is 6.35. The molecule has 2 atom stereocenters. The van der Waals surface area contributed by atoms with Crippen molar-refractivity contribution < 1.29 is 0 Å². The third kappa shape index (κ3) is 6.90. The second-order valence-electron chi connectivity index (χ2n) is 13.2. The molecular formula is C38H51N3. The molecule has 0 aliphatic heterocycles. The van der Waals surface area contributed by atoms with E-state index in [9.17, 15) is 0 Å². The molecule has 0 heterocycles. The third-order valence-corrected chi connectivity index (χ3v) is 9.42. The lowest BCUT2D eigenvalue weighted by atomic mass is 9.68. The number of benzene rings is 4. The average Bonchev–Trinajstić information content (AvgIpc) is 2.95. The van der Waals surface area contributed by atoms with E-state index in [4.69, 9.17) is 4.99 Å². The largest absolute Gasteiger partial charge is 0.309 e.